The first kappa shape index (κ1) is 14.3. The third-order valence-corrected chi connectivity index (χ3v) is 4.67. The van der Waals surface area contributed by atoms with Gasteiger partial charge in [-0.05, 0) is 27.7 Å². The van der Waals surface area contributed by atoms with Crippen molar-refractivity contribution in [2.75, 3.05) is 0 Å². The van der Waals surface area contributed by atoms with Crippen molar-refractivity contribution in [1.29, 1.82) is 0 Å². The zero-order valence-corrected chi connectivity index (χ0v) is 13.5. The number of nitrogens with one attached hydrogen (secondary N) is 1. The Balaban J connectivity index is 1.94. The van der Waals surface area contributed by atoms with Gasteiger partial charge in [-0.2, -0.15) is 0 Å². The lowest BCUT2D eigenvalue weighted by Gasteiger charge is -2.34. The fourth-order valence-electron chi connectivity index (χ4n) is 3.31. The van der Waals surface area contributed by atoms with E-state index >= 15 is 0 Å². The average molecular weight is 279 g/mol. The number of fused-ring (bicyclic) bond motifs is 1. The largest absolute Gasteiger partial charge is 0.305 e. The summed E-state index contributed by atoms with van der Waals surface area (Å²) < 4.78 is 0. The van der Waals surface area contributed by atoms with Crippen molar-refractivity contribution in [3.63, 3.8) is 0 Å². The molecule has 2 aromatic rings. The van der Waals surface area contributed by atoms with Gasteiger partial charge in [0.15, 0.2) is 0 Å². The molecular formula is C20H25N. The van der Waals surface area contributed by atoms with Crippen molar-refractivity contribution in [3.05, 3.63) is 70.8 Å². The van der Waals surface area contributed by atoms with Gasteiger partial charge >= 0.3 is 0 Å². The van der Waals surface area contributed by atoms with E-state index in [0.717, 1.165) is 6.54 Å². The van der Waals surface area contributed by atoms with Crippen LogP contribution in [0.3, 0.4) is 0 Å². The molecule has 2 unspecified atom stereocenters. The molecule has 3 rings (SSSR count). The topological polar surface area (TPSA) is 12.0 Å². The number of hydrogen-bond donors (Lipinski definition) is 1. The molecule has 0 fully saturated rings. The molecule has 1 aliphatic heterocycles. The summed E-state index contributed by atoms with van der Waals surface area (Å²) in [4.78, 5) is 0. The average Bonchev–Trinajstić information content (AvgIpc) is 2.47. The van der Waals surface area contributed by atoms with Gasteiger partial charge in [-0.25, -0.2) is 0 Å². The van der Waals surface area contributed by atoms with Gasteiger partial charge in [0.05, 0.1) is 0 Å². The van der Waals surface area contributed by atoms with Crippen LogP contribution in [0.1, 0.15) is 61.9 Å². The number of hydrogen-bond acceptors (Lipinski definition) is 1. The highest BCUT2D eigenvalue weighted by molar-refractivity contribution is 5.41. The lowest BCUT2D eigenvalue weighted by molar-refractivity contribution is 0.432. The molecule has 110 valence electrons. The summed E-state index contributed by atoms with van der Waals surface area (Å²) in [6.45, 7) is 10.1. The molecule has 1 nitrogen and oxygen atoms in total. The summed E-state index contributed by atoms with van der Waals surface area (Å²) in [5, 5.41) is 3.72. The van der Waals surface area contributed by atoms with Crippen LogP contribution in [-0.4, -0.2) is 0 Å². The van der Waals surface area contributed by atoms with E-state index in [2.05, 4.69) is 81.5 Å². The van der Waals surface area contributed by atoms with E-state index in [4.69, 9.17) is 0 Å². The first-order chi connectivity index (χ1) is 9.97. The molecule has 0 aliphatic carbocycles. The van der Waals surface area contributed by atoms with Crippen LogP contribution in [0.15, 0.2) is 48.5 Å². The SMILES string of the molecule is CC1c2ccc(C(C)(C)C)cc2CNC1c1ccccc1. The van der Waals surface area contributed by atoms with Crippen LogP contribution in [0.25, 0.3) is 0 Å². The van der Waals surface area contributed by atoms with Crippen LogP contribution in [0.2, 0.25) is 0 Å². The smallest absolute Gasteiger partial charge is 0.0389 e. The van der Waals surface area contributed by atoms with Gasteiger partial charge in [0.1, 0.15) is 0 Å². The maximum absolute atomic E-state index is 3.72. The predicted molar refractivity (Wildman–Crippen MR) is 89.6 cm³/mol. The maximum atomic E-state index is 3.72. The van der Waals surface area contributed by atoms with Crippen LogP contribution in [0.4, 0.5) is 0 Å². The summed E-state index contributed by atoms with van der Waals surface area (Å²) in [5.74, 6) is 0.505. The Morgan fingerprint density at radius 1 is 1.00 bits per heavy atom. The fraction of sp³-hybridized carbons (Fsp3) is 0.400. The molecule has 0 spiro atoms. The van der Waals surface area contributed by atoms with Crippen LogP contribution in [0, 0.1) is 0 Å². The van der Waals surface area contributed by atoms with Gasteiger partial charge in [0, 0.05) is 18.5 Å². The Kier molecular flexibility index (Phi) is 3.62. The van der Waals surface area contributed by atoms with Crippen LogP contribution < -0.4 is 5.32 Å². The van der Waals surface area contributed by atoms with E-state index < -0.39 is 0 Å². The zero-order valence-electron chi connectivity index (χ0n) is 13.5. The van der Waals surface area contributed by atoms with E-state index in [1.165, 1.54) is 22.3 Å². The van der Waals surface area contributed by atoms with Gasteiger partial charge in [-0.15, -0.1) is 0 Å². The molecule has 0 saturated heterocycles. The van der Waals surface area contributed by atoms with E-state index in [9.17, 15) is 0 Å². The molecular weight excluding hydrogens is 254 g/mol. The summed E-state index contributed by atoms with van der Waals surface area (Å²) in [6, 6.07) is 18.2. The fourth-order valence-corrected chi connectivity index (χ4v) is 3.31. The predicted octanol–water partition coefficient (Wildman–Crippen LogP) is 4.93. The summed E-state index contributed by atoms with van der Waals surface area (Å²) >= 11 is 0. The monoisotopic (exact) mass is 279 g/mol. The molecule has 1 aliphatic rings. The molecule has 0 radical (unpaired) electrons. The standard InChI is InChI=1S/C20H25N/c1-14-18-11-10-17(20(2,3)4)12-16(18)13-21-19(14)15-8-6-5-7-9-15/h5-12,14,19,21H,13H2,1-4H3. The highest BCUT2D eigenvalue weighted by atomic mass is 14.9. The van der Waals surface area contributed by atoms with Crippen molar-refractivity contribution >= 4 is 0 Å². The summed E-state index contributed by atoms with van der Waals surface area (Å²) in [5.41, 5.74) is 5.98. The van der Waals surface area contributed by atoms with E-state index in [0.29, 0.717) is 12.0 Å². The third-order valence-electron chi connectivity index (χ3n) is 4.67. The maximum Gasteiger partial charge on any atom is 0.0389 e. The second-order valence-electron chi connectivity index (χ2n) is 7.22. The van der Waals surface area contributed by atoms with Crippen molar-refractivity contribution in [2.24, 2.45) is 0 Å². The third kappa shape index (κ3) is 2.75. The molecule has 0 aromatic heterocycles. The van der Waals surface area contributed by atoms with Crippen molar-refractivity contribution in [1.82, 2.24) is 5.32 Å². The lowest BCUT2D eigenvalue weighted by atomic mass is 9.79. The van der Waals surface area contributed by atoms with Crippen molar-refractivity contribution in [2.45, 2.75) is 51.6 Å². The lowest BCUT2D eigenvalue weighted by Crippen LogP contribution is -2.31. The molecule has 21 heavy (non-hydrogen) atoms. The number of benzene rings is 2. The molecule has 1 heteroatoms. The Bertz CT molecular complexity index is 622. The Labute approximate surface area is 128 Å². The first-order valence-electron chi connectivity index (χ1n) is 7.88. The Morgan fingerprint density at radius 2 is 1.71 bits per heavy atom. The van der Waals surface area contributed by atoms with Gasteiger partial charge in [-0.1, -0.05) is 76.2 Å². The molecule has 0 amide bonds. The number of rotatable bonds is 1. The molecule has 2 aromatic carbocycles. The van der Waals surface area contributed by atoms with Crippen molar-refractivity contribution < 1.29 is 0 Å². The van der Waals surface area contributed by atoms with Crippen LogP contribution in [0.5, 0.6) is 0 Å². The zero-order chi connectivity index (χ0) is 15.0. The molecule has 1 N–H and O–H groups in total. The van der Waals surface area contributed by atoms with Crippen molar-refractivity contribution in [3.8, 4) is 0 Å². The van der Waals surface area contributed by atoms with Crippen LogP contribution >= 0.6 is 0 Å². The molecule has 1 heterocycles. The normalized spacial score (nSPS) is 21.9. The van der Waals surface area contributed by atoms with E-state index in [-0.39, 0.29) is 5.41 Å². The minimum Gasteiger partial charge on any atom is -0.305 e. The Hall–Kier alpha value is -1.60. The van der Waals surface area contributed by atoms with Gasteiger partial charge in [-0.3, -0.25) is 0 Å². The van der Waals surface area contributed by atoms with Gasteiger partial charge in [0.25, 0.3) is 0 Å². The second-order valence-corrected chi connectivity index (χ2v) is 7.22. The highest BCUT2D eigenvalue weighted by Gasteiger charge is 2.27. The second kappa shape index (κ2) is 5.31. The first-order valence-corrected chi connectivity index (χ1v) is 7.88. The molecule has 2 atom stereocenters. The van der Waals surface area contributed by atoms with E-state index in [1.54, 1.807) is 0 Å². The minimum absolute atomic E-state index is 0.217. The van der Waals surface area contributed by atoms with Gasteiger partial charge < -0.3 is 5.32 Å². The molecule has 0 bridgehead atoms. The highest BCUT2D eigenvalue weighted by Crippen LogP contribution is 2.38. The van der Waals surface area contributed by atoms with Crippen LogP contribution in [-0.2, 0) is 12.0 Å². The van der Waals surface area contributed by atoms with E-state index in [1.807, 2.05) is 0 Å². The molecule has 0 saturated carbocycles. The summed E-state index contributed by atoms with van der Waals surface area (Å²) in [7, 11) is 0. The quantitative estimate of drug-likeness (QED) is 0.780. The van der Waals surface area contributed by atoms with Gasteiger partial charge in [0.2, 0.25) is 0 Å². The Morgan fingerprint density at radius 3 is 2.38 bits per heavy atom. The summed E-state index contributed by atoms with van der Waals surface area (Å²) in [6.07, 6.45) is 0. The minimum atomic E-state index is 0.217.